The van der Waals surface area contributed by atoms with Gasteiger partial charge in [-0.2, -0.15) is 0 Å². The summed E-state index contributed by atoms with van der Waals surface area (Å²) in [4.78, 5) is 11.9. The molecule has 0 bridgehead atoms. The van der Waals surface area contributed by atoms with Gasteiger partial charge in [0.05, 0.1) is 20.1 Å². The zero-order valence-corrected chi connectivity index (χ0v) is 13.9. The Balaban J connectivity index is 2.01. The summed E-state index contributed by atoms with van der Waals surface area (Å²) in [6.45, 7) is 3.00. The minimum Gasteiger partial charge on any atom is -0.423 e. The summed E-state index contributed by atoms with van der Waals surface area (Å²) in [6.07, 6.45) is 6.22. The van der Waals surface area contributed by atoms with Crippen molar-refractivity contribution in [2.45, 2.75) is 51.6 Å². The summed E-state index contributed by atoms with van der Waals surface area (Å²) < 4.78 is 6.37. The number of benzene rings is 1. The summed E-state index contributed by atoms with van der Waals surface area (Å²) in [5.74, 6) is 0. The van der Waals surface area contributed by atoms with E-state index in [4.69, 9.17) is 4.42 Å². The normalized spacial score (nSPS) is 16.5. The Morgan fingerprint density at radius 2 is 1.91 bits per heavy atom. The van der Waals surface area contributed by atoms with Gasteiger partial charge in [0.1, 0.15) is 12.1 Å². The minimum absolute atomic E-state index is 0.234. The number of hydrogen-bond donors (Lipinski definition) is 0. The van der Waals surface area contributed by atoms with E-state index >= 15 is 0 Å². The van der Waals surface area contributed by atoms with Crippen LogP contribution in [0, 0.1) is 0 Å². The number of fused-ring (bicyclic) bond motifs is 1. The van der Waals surface area contributed by atoms with Gasteiger partial charge in [0, 0.05) is 17.0 Å². The van der Waals surface area contributed by atoms with E-state index in [1.807, 2.05) is 6.07 Å². The van der Waals surface area contributed by atoms with Crippen LogP contribution in [0.4, 0.5) is 0 Å². The quantitative estimate of drug-likeness (QED) is 0.634. The molecule has 1 saturated carbocycles. The van der Waals surface area contributed by atoms with Gasteiger partial charge in [0.15, 0.2) is 0 Å². The molecule has 1 fully saturated rings. The van der Waals surface area contributed by atoms with Gasteiger partial charge in [-0.05, 0) is 43.7 Å². The van der Waals surface area contributed by atoms with Gasteiger partial charge in [0.2, 0.25) is 0 Å². The van der Waals surface area contributed by atoms with Crippen molar-refractivity contribution in [1.82, 2.24) is 0 Å². The van der Waals surface area contributed by atoms with Gasteiger partial charge in [0.25, 0.3) is 0 Å². The molecule has 1 aromatic heterocycles. The zero-order valence-electron chi connectivity index (χ0n) is 13.9. The average Bonchev–Trinajstić information content (AvgIpc) is 3.01. The topological polar surface area (TPSA) is 30.2 Å². The fourth-order valence-electron chi connectivity index (χ4n) is 3.80. The molecule has 3 nitrogen and oxygen atoms in total. The summed E-state index contributed by atoms with van der Waals surface area (Å²) >= 11 is 0. The molecular formula is C19H26NO2+. The lowest BCUT2D eigenvalue weighted by atomic mass is 10.0. The van der Waals surface area contributed by atoms with Crippen molar-refractivity contribution in [3.05, 3.63) is 45.8 Å². The highest BCUT2D eigenvalue weighted by Gasteiger charge is 2.31. The number of nitrogens with zero attached hydrogens (tertiary/aromatic N) is 1. The van der Waals surface area contributed by atoms with E-state index in [0.717, 1.165) is 34.0 Å². The van der Waals surface area contributed by atoms with Crippen LogP contribution in [0.2, 0.25) is 0 Å². The lowest BCUT2D eigenvalue weighted by Crippen LogP contribution is -2.46. The van der Waals surface area contributed by atoms with Crippen molar-refractivity contribution >= 4 is 11.0 Å². The lowest BCUT2D eigenvalue weighted by Gasteiger charge is -2.36. The van der Waals surface area contributed by atoms with Crippen molar-refractivity contribution in [1.29, 1.82) is 0 Å². The highest BCUT2D eigenvalue weighted by molar-refractivity contribution is 5.80. The predicted molar refractivity (Wildman–Crippen MR) is 89.9 cm³/mol. The van der Waals surface area contributed by atoms with Crippen LogP contribution >= 0.6 is 0 Å². The maximum atomic E-state index is 11.9. The Bertz CT molecular complexity index is 724. The van der Waals surface area contributed by atoms with Gasteiger partial charge in [-0.1, -0.05) is 19.1 Å². The fourth-order valence-corrected chi connectivity index (χ4v) is 3.80. The van der Waals surface area contributed by atoms with Crippen LogP contribution in [0.25, 0.3) is 11.0 Å². The van der Waals surface area contributed by atoms with Gasteiger partial charge in [-0.25, -0.2) is 4.79 Å². The van der Waals surface area contributed by atoms with E-state index in [9.17, 15) is 4.79 Å². The monoisotopic (exact) mass is 300 g/mol. The third kappa shape index (κ3) is 2.95. The van der Waals surface area contributed by atoms with Crippen molar-refractivity contribution in [3.63, 3.8) is 0 Å². The molecule has 3 heteroatoms. The second-order valence-corrected chi connectivity index (χ2v) is 7.15. The third-order valence-corrected chi connectivity index (χ3v) is 5.19. The van der Waals surface area contributed by atoms with Gasteiger partial charge < -0.3 is 8.90 Å². The van der Waals surface area contributed by atoms with E-state index in [0.29, 0.717) is 6.04 Å². The molecule has 1 aromatic carbocycles. The van der Waals surface area contributed by atoms with Gasteiger partial charge in [-0.15, -0.1) is 0 Å². The van der Waals surface area contributed by atoms with Crippen LogP contribution in [0.15, 0.2) is 33.5 Å². The molecule has 3 rings (SSSR count). The summed E-state index contributed by atoms with van der Waals surface area (Å²) in [5, 5.41) is 1.08. The Morgan fingerprint density at radius 1 is 1.18 bits per heavy atom. The molecule has 0 amide bonds. The smallest absolute Gasteiger partial charge is 0.336 e. The van der Waals surface area contributed by atoms with E-state index in [1.165, 1.54) is 31.2 Å². The Hall–Kier alpha value is -1.61. The Labute approximate surface area is 132 Å². The fraction of sp³-hybridized carbons (Fsp3) is 0.526. The lowest BCUT2D eigenvalue weighted by molar-refractivity contribution is -0.927. The first-order valence-corrected chi connectivity index (χ1v) is 8.38. The molecule has 1 heterocycles. The standard InChI is InChI=1S/C19H26NO2/c1-4-14-9-10-17-15(12-19(21)22-18(17)11-14)13-20(2,3)16-7-5-6-8-16/h9-12,16H,4-8,13H2,1-3H3/q+1. The van der Waals surface area contributed by atoms with Gasteiger partial charge in [-0.3, -0.25) is 0 Å². The molecule has 0 radical (unpaired) electrons. The molecule has 0 saturated heterocycles. The zero-order chi connectivity index (χ0) is 15.7. The van der Waals surface area contributed by atoms with Crippen LogP contribution < -0.4 is 5.63 Å². The van der Waals surface area contributed by atoms with E-state index < -0.39 is 0 Å². The molecule has 0 unspecified atom stereocenters. The van der Waals surface area contributed by atoms with Crippen LogP contribution in [-0.2, 0) is 13.0 Å². The molecular weight excluding hydrogens is 274 g/mol. The molecule has 0 N–H and O–H groups in total. The molecule has 2 aromatic rings. The Morgan fingerprint density at radius 3 is 2.59 bits per heavy atom. The number of aryl methyl sites for hydroxylation is 1. The van der Waals surface area contributed by atoms with Crippen LogP contribution in [0.5, 0.6) is 0 Å². The van der Waals surface area contributed by atoms with Crippen molar-refractivity contribution in [3.8, 4) is 0 Å². The average molecular weight is 300 g/mol. The van der Waals surface area contributed by atoms with Crippen molar-refractivity contribution < 1.29 is 8.90 Å². The van der Waals surface area contributed by atoms with Crippen molar-refractivity contribution in [2.75, 3.05) is 14.1 Å². The highest BCUT2D eigenvalue weighted by atomic mass is 16.4. The molecule has 118 valence electrons. The van der Waals surface area contributed by atoms with Crippen LogP contribution in [-0.4, -0.2) is 24.6 Å². The summed E-state index contributed by atoms with van der Waals surface area (Å²) in [7, 11) is 4.58. The van der Waals surface area contributed by atoms with E-state index in [-0.39, 0.29) is 5.63 Å². The molecule has 22 heavy (non-hydrogen) atoms. The maximum absolute atomic E-state index is 11.9. The molecule has 0 atom stereocenters. The van der Waals surface area contributed by atoms with Gasteiger partial charge >= 0.3 is 5.63 Å². The maximum Gasteiger partial charge on any atom is 0.336 e. The summed E-state index contributed by atoms with van der Waals surface area (Å²) in [6, 6.07) is 8.65. The Kier molecular flexibility index (Phi) is 4.09. The number of hydrogen-bond acceptors (Lipinski definition) is 2. The number of quaternary nitrogens is 1. The highest BCUT2D eigenvalue weighted by Crippen LogP contribution is 2.30. The SMILES string of the molecule is CCc1ccc2c(C[N+](C)(C)C3CCCC3)cc(=O)oc2c1. The first kappa shape index (κ1) is 15.3. The number of rotatable bonds is 4. The van der Waals surface area contributed by atoms with Crippen LogP contribution in [0.1, 0.15) is 43.7 Å². The summed E-state index contributed by atoms with van der Waals surface area (Å²) in [5.41, 5.74) is 2.82. The first-order chi connectivity index (χ1) is 10.5. The first-order valence-electron chi connectivity index (χ1n) is 8.38. The van der Waals surface area contributed by atoms with E-state index in [1.54, 1.807) is 6.07 Å². The molecule has 1 aliphatic carbocycles. The third-order valence-electron chi connectivity index (χ3n) is 5.19. The molecule has 0 spiro atoms. The largest absolute Gasteiger partial charge is 0.423 e. The van der Waals surface area contributed by atoms with E-state index in [2.05, 4.69) is 33.2 Å². The minimum atomic E-state index is -0.234. The van der Waals surface area contributed by atoms with Crippen LogP contribution in [0.3, 0.4) is 0 Å². The van der Waals surface area contributed by atoms with Crippen molar-refractivity contribution in [2.24, 2.45) is 0 Å². The second kappa shape index (κ2) is 5.88. The predicted octanol–water partition coefficient (Wildman–Crippen LogP) is 3.87. The molecule has 0 aliphatic heterocycles. The second-order valence-electron chi connectivity index (χ2n) is 7.15. The molecule has 1 aliphatic rings.